The first-order valence-electron chi connectivity index (χ1n) is 9.37. The largest absolute Gasteiger partial charge is 0.468 e. The molecule has 3 unspecified atom stereocenters. The standard InChI is InChI=1S/C22H28O6/c1-15(18-6-8-19(9-7-18)25-13-24-4)22(3,28-16(2)23)12-17-5-10-20-21(11-17)27-14-26-20/h5-11,15-16,23H,12-14H2,1-4H3. The molecule has 6 heteroatoms. The van der Waals surface area contributed by atoms with Crippen LogP contribution >= 0.6 is 0 Å². The Bertz CT molecular complexity index is 773. The maximum atomic E-state index is 9.96. The quantitative estimate of drug-likeness (QED) is 0.658. The monoisotopic (exact) mass is 388 g/mol. The van der Waals surface area contributed by atoms with Crippen LogP contribution in [0.4, 0.5) is 0 Å². The summed E-state index contributed by atoms with van der Waals surface area (Å²) < 4.78 is 27.3. The summed E-state index contributed by atoms with van der Waals surface area (Å²) in [5, 5.41) is 9.96. The first-order valence-corrected chi connectivity index (χ1v) is 9.37. The molecule has 0 aliphatic carbocycles. The van der Waals surface area contributed by atoms with E-state index in [1.807, 2.05) is 49.4 Å². The zero-order chi connectivity index (χ0) is 20.1. The third-order valence-electron chi connectivity index (χ3n) is 5.07. The first kappa shape index (κ1) is 20.5. The van der Waals surface area contributed by atoms with Gasteiger partial charge in [-0.25, -0.2) is 0 Å². The molecule has 1 aliphatic heterocycles. The molecule has 3 atom stereocenters. The molecule has 0 radical (unpaired) electrons. The number of rotatable bonds is 9. The Morgan fingerprint density at radius 2 is 1.79 bits per heavy atom. The van der Waals surface area contributed by atoms with Crippen LogP contribution in [0.5, 0.6) is 17.2 Å². The SMILES string of the molecule is COCOc1ccc(C(C)C(C)(Cc2ccc3c(c2)OCO3)OC(C)O)cc1. The molecule has 0 aromatic heterocycles. The van der Waals surface area contributed by atoms with Gasteiger partial charge in [0.2, 0.25) is 6.79 Å². The van der Waals surface area contributed by atoms with E-state index in [1.165, 1.54) is 0 Å². The molecule has 1 aliphatic rings. The second-order valence-corrected chi connectivity index (χ2v) is 7.24. The molecule has 0 amide bonds. The van der Waals surface area contributed by atoms with Crippen molar-refractivity contribution in [2.45, 2.75) is 45.0 Å². The van der Waals surface area contributed by atoms with E-state index in [-0.39, 0.29) is 19.5 Å². The van der Waals surface area contributed by atoms with E-state index in [4.69, 9.17) is 23.7 Å². The van der Waals surface area contributed by atoms with Crippen molar-refractivity contribution in [1.82, 2.24) is 0 Å². The molecule has 0 bridgehead atoms. The van der Waals surface area contributed by atoms with Crippen LogP contribution < -0.4 is 14.2 Å². The molecule has 28 heavy (non-hydrogen) atoms. The van der Waals surface area contributed by atoms with Gasteiger partial charge >= 0.3 is 0 Å². The lowest BCUT2D eigenvalue weighted by atomic mass is 9.80. The van der Waals surface area contributed by atoms with E-state index in [2.05, 4.69) is 6.92 Å². The van der Waals surface area contributed by atoms with Gasteiger partial charge in [-0.3, -0.25) is 0 Å². The van der Waals surface area contributed by atoms with Crippen LogP contribution in [-0.4, -0.2) is 37.7 Å². The van der Waals surface area contributed by atoms with E-state index in [0.717, 1.165) is 28.4 Å². The summed E-state index contributed by atoms with van der Waals surface area (Å²) >= 11 is 0. The number of ether oxygens (including phenoxy) is 5. The normalized spacial score (nSPS) is 17.0. The fourth-order valence-corrected chi connectivity index (χ4v) is 3.47. The molecular formula is C22H28O6. The molecule has 3 rings (SSSR count). The van der Waals surface area contributed by atoms with Crippen LogP contribution in [0, 0.1) is 0 Å². The molecule has 0 fully saturated rings. The van der Waals surface area contributed by atoms with Gasteiger partial charge in [-0.05, 0) is 49.2 Å². The van der Waals surface area contributed by atoms with E-state index >= 15 is 0 Å². The highest BCUT2D eigenvalue weighted by molar-refractivity contribution is 5.45. The van der Waals surface area contributed by atoms with Gasteiger partial charge in [-0.1, -0.05) is 25.1 Å². The maximum Gasteiger partial charge on any atom is 0.231 e. The van der Waals surface area contributed by atoms with Crippen molar-refractivity contribution in [3.05, 3.63) is 53.6 Å². The molecule has 0 spiro atoms. The lowest BCUT2D eigenvalue weighted by Gasteiger charge is -2.37. The highest BCUT2D eigenvalue weighted by atomic mass is 16.7. The van der Waals surface area contributed by atoms with Crippen LogP contribution in [0.1, 0.15) is 37.8 Å². The summed E-state index contributed by atoms with van der Waals surface area (Å²) in [6.07, 6.45) is -0.275. The number of methoxy groups -OCH3 is 1. The Morgan fingerprint density at radius 1 is 1.07 bits per heavy atom. The van der Waals surface area contributed by atoms with Crippen molar-refractivity contribution < 1.29 is 28.8 Å². The summed E-state index contributed by atoms with van der Waals surface area (Å²) in [5.41, 5.74) is 1.52. The Hall–Kier alpha value is -2.28. The van der Waals surface area contributed by atoms with Crippen molar-refractivity contribution in [2.24, 2.45) is 0 Å². The molecule has 2 aromatic rings. The summed E-state index contributed by atoms with van der Waals surface area (Å²) in [5.74, 6) is 2.25. The van der Waals surface area contributed by atoms with Gasteiger partial charge in [0, 0.05) is 19.4 Å². The van der Waals surface area contributed by atoms with Gasteiger partial charge in [0.1, 0.15) is 5.75 Å². The minimum atomic E-state index is -0.884. The summed E-state index contributed by atoms with van der Waals surface area (Å²) in [6, 6.07) is 13.7. The predicted molar refractivity (Wildman–Crippen MR) is 105 cm³/mol. The van der Waals surface area contributed by atoms with Gasteiger partial charge in [0.05, 0.1) is 5.60 Å². The minimum Gasteiger partial charge on any atom is -0.468 e. The second kappa shape index (κ2) is 8.82. The molecule has 6 nitrogen and oxygen atoms in total. The molecule has 152 valence electrons. The average molecular weight is 388 g/mol. The number of hydrogen-bond donors (Lipinski definition) is 1. The average Bonchev–Trinajstić information content (AvgIpc) is 3.13. The van der Waals surface area contributed by atoms with Crippen molar-refractivity contribution in [1.29, 1.82) is 0 Å². The van der Waals surface area contributed by atoms with Gasteiger partial charge in [0.25, 0.3) is 0 Å². The number of hydrogen-bond acceptors (Lipinski definition) is 6. The Morgan fingerprint density at radius 3 is 2.46 bits per heavy atom. The fourth-order valence-electron chi connectivity index (χ4n) is 3.47. The third-order valence-corrected chi connectivity index (χ3v) is 5.07. The van der Waals surface area contributed by atoms with E-state index < -0.39 is 11.9 Å². The molecule has 1 heterocycles. The van der Waals surface area contributed by atoms with Crippen LogP contribution in [0.2, 0.25) is 0 Å². The number of fused-ring (bicyclic) bond motifs is 1. The van der Waals surface area contributed by atoms with Crippen molar-refractivity contribution >= 4 is 0 Å². The predicted octanol–water partition coefficient (Wildman–Crippen LogP) is 3.86. The van der Waals surface area contributed by atoms with Crippen LogP contribution in [0.3, 0.4) is 0 Å². The fraction of sp³-hybridized carbons (Fsp3) is 0.455. The zero-order valence-electron chi connectivity index (χ0n) is 16.8. The number of aliphatic hydroxyl groups excluding tert-OH is 1. The third kappa shape index (κ3) is 4.76. The van der Waals surface area contributed by atoms with Crippen LogP contribution in [-0.2, 0) is 15.9 Å². The lowest BCUT2D eigenvalue weighted by molar-refractivity contribution is -0.176. The molecular weight excluding hydrogens is 360 g/mol. The number of aliphatic hydroxyl groups is 1. The highest BCUT2D eigenvalue weighted by Crippen LogP contribution is 2.38. The first-order chi connectivity index (χ1) is 13.4. The Labute approximate surface area is 165 Å². The smallest absolute Gasteiger partial charge is 0.231 e. The molecule has 1 N–H and O–H groups in total. The Kier molecular flexibility index (Phi) is 6.44. The molecule has 0 saturated carbocycles. The summed E-state index contributed by atoms with van der Waals surface area (Å²) in [6.45, 7) is 6.20. The lowest BCUT2D eigenvalue weighted by Crippen LogP contribution is -2.40. The van der Waals surface area contributed by atoms with Gasteiger partial charge in [-0.2, -0.15) is 0 Å². The Balaban J connectivity index is 1.81. The summed E-state index contributed by atoms with van der Waals surface area (Å²) in [7, 11) is 1.59. The van der Waals surface area contributed by atoms with Crippen LogP contribution in [0.25, 0.3) is 0 Å². The van der Waals surface area contributed by atoms with Crippen molar-refractivity contribution in [2.75, 3.05) is 20.7 Å². The van der Waals surface area contributed by atoms with Gasteiger partial charge in [0.15, 0.2) is 24.6 Å². The van der Waals surface area contributed by atoms with E-state index in [1.54, 1.807) is 14.0 Å². The van der Waals surface area contributed by atoms with Crippen LogP contribution in [0.15, 0.2) is 42.5 Å². The van der Waals surface area contributed by atoms with Crippen molar-refractivity contribution in [3.8, 4) is 17.2 Å². The second-order valence-electron chi connectivity index (χ2n) is 7.24. The zero-order valence-corrected chi connectivity index (χ0v) is 16.8. The maximum absolute atomic E-state index is 9.96. The molecule has 2 aromatic carbocycles. The summed E-state index contributed by atoms with van der Waals surface area (Å²) in [4.78, 5) is 0. The van der Waals surface area contributed by atoms with Gasteiger partial charge < -0.3 is 28.8 Å². The van der Waals surface area contributed by atoms with Crippen molar-refractivity contribution in [3.63, 3.8) is 0 Å². The van der Waals surface area contributed by atoms with Gasteiger partial charge in [-0.15, -0.1) is 0 Å². The minimum absolute atomic E-state index is 0.0176. The topological polar surface area (TPSA) is 66.4 Å². The molecule has 0 saturated heterocycles. The van der Waals surface area contributed by atoms with E-state index in [9.17, 15) is 5.11 Å². The van der Waals surface area contributed by atoms with E-state index in [0.29, 0.717) is 6.42 Å². The number of benzene rings is 2. The highest BCUT2D eigenvalue weighted by Gasteiger charge is 2.35.